The zero-order chi connectivity index (χ0) is 11.8. The van der Waals surface area contributed by atoms with Crippen LogP contribution >= 0.6 is 11.6 Å². The molecule has 16 heavy (non-hydrogen) atoms. The summed E-state index contributed by atoms with van der Waals surface area (Å²) < 4.78 is 7.71. The first-order chi connectivity index (χ1) is 7.44. The maximum absolute atomic E-state index is 5.85. The fourth-order valence-corrected chi connectivity index (χ4v) is 2.47. The third-order valence-corrected chi connectivity index (χ3v) is 2.78. The van der Waals surface area contributed by atoms with Crippen LogP contribution in [0.4, 0.5) is 0 Å². The quantitative estimate of drug-likeness (QED) is 0.796. The molecule has 4 nitrogen and oxygen atoms in total. The van der Waals surface area contributed by atoms with Gasteiger partial charge in [0.1, 0.15) is 0 Å². The number of nitrogens with zero attached hydrogens (tertiary/aromatic N) is 3. The van der Waals surface area contributed by atoms with Crippen LogP contribution in [0.3, 0.4) is 0 Å². The Morgan fingerprint density at radius 2 is 2.38 bits per heavy atom. The van der Waals surface area contributed by atoms with Crippen molar-refractivity contribution >= 4 is 11.6 Å². The Balaban J connectivity index is 1.99. The summed E-state index contributed by atoms with van der Waals surface area (Å²) in [6.07, 6.45) is 3.76. The first kappa shape index (κ1) is 11.9. The van der Waals surface area contributed by atoms with E-state index >= 15 is 0 Å². The van der Waals surface area contributed by atoms with Crippen LogP contribution in [-0.2, 0) is 11.4 Å². The van der Waals surface area contributed by atoms with Crippen molar-refractivity contribution in [2.75, 3.05) is 13.1 Å². The number of hydrogen-bond acceptors (Lipinski definition) is 3. The summed E-state index contributed by atoms with van der Waals surface area (Å²) in [7, 11) is 0. The van der Waals surface area contributed by atoms with Gasteiger partial charge in [-0.15, -0.1) is 0 Å². The van der Waals surface area contributed by atoms with Gasteiger partial charge in [-0.3, -0.25) is 9.58 Å². The lowest BCUT2D eigenvalue weighted by Gasteiger charge is -2.41. The van der Waals surface area contributed by atoms with Crippen LogP contribution < -0.4 is 0 Å². The normalized spacial score (nSPS) is 25.9. The first-order valence-electron chi connectivity index (χ1n) is 5.53. The molecule has 0 aromatic carbocycles. The van der Waals surface area contributed by atoms with E-state index < -0.39 is 0 Å². The second kappa shape index (κ2) is 4.35. The molecule has 2 heterocycles. The topological polar surface area (TPSA) is 30.3 Å². The van der Waals surface area contributed by atoms with Gasteiger partial charge in [0.15, 0.2) is 0 Å². The number of rotatable bonds is 2. The van der Waals surface area contributed by atoms with Crippen molar-refractivity contribution in [1.29, 1.82) is 0 Å². The SMILES string of the molecule is CC1CN(Cn2cc(Cl)cn2)CC(C)(C)O1. The van der Waals surface area contributed by atoms with Gasteiger partial charge in [0.05, 0.1) is 29.6 Å². The number of ether oxygens (including phenoxy) is 1. The summed E-state index contributed by atoms with van der Waals surface area (Å²) in [5.41, 5.74) is -0.0887. The Kier molecular flexibility index (Phi) is 3.24. The predicted molar refractivity (Wildman–Crippen MR) is 63.4 cm³/mol. The molecule has 0 amide bonds. The number of halogens is 1. The second-order valence-corrected chi connectivity index (χ2v) is 5.48. The lowest BCUT2D eigenvalue weighted by molar-refractivity contribution is -0.135. The van der Waals surface area contributed by atoms with Crippen LogP contribution in [-0.4, -0.2) is 39.5 Å². The van der Waals surface area contributed by atoms with E-state index in [1.807, 2.05) is 10.9 Å². The van der Waals surface area contributed by atoms with Gasteiger partial charge in [0.2, 0.25) is 0 Å². The van der Waals surface area contributed by atoms with Gasteiger partial charge in [0.25, 0.3) is 0 Å². The van der Waals surface area contributed by atoms with Crippen molar-refractivity contribution in [2.45, 2.75) is 39.1 Å². The molecule has 0 N–H and O–H groups in total. The van der Waals surface area contributed by atoms with Crippen molar-refractivity contribution in [3.05, 3.63) is 17.4 Å². The van der Waals surface area contributed by atoms with Gasteiger partial charge in [0, 0.05) is 19.3 Å². The van der Waals surface area contributed by atoms with Crippen molar-refractivity contribution in [1.82, 2.24) is 14.7 Å². The molecule has 0 spiro atoms. The zero-order valence-corrected chi connectivity index (χ0v) is 10.7. The van der Waals surface area contributed by atoms with Crippen molar-refractivity contribution in [2.24, 2.45) is 0 Å². The number of aromatic nitrogens is 2. The molecular formula is C11H18ClN3O. The van der Waals surface area contributed by atoms with E-state index in [4.69, 9.17) is 16.3 Å². The van der Waals surface area contributed by atoms with Crippen LogP contribution in [0.2, 0.25) is 5.02 Å². The van der Waals surface area contributed by atoms with E-state index in [1.165, 1.54) is 0 Å². The Hall–Kier alpha value is -0.580. The molecule has 1 unspecified atom stereocenters. The highest BCUT2D eigenvalue weighted by atomic mass is 35.5. The average molecular weight is 244 g/mol. The molecule has 0 radical (unpaired) electrons. The molecule has 0 bridgehead atoms. The molecule has 1 atom stereocenters. The average Bonchev–Trinajstić information content (AvgIpc) is 2.46. The summed E-state index contributed by atoms with van der Waals surface area (Å²) in [6.45, 7) is 8.95. The van der Waals surface area contributed by atoms with Gasteiger partial charge >= 0.3 is 0 Å². The predicted octanol–water partition coefficient (Wildman–Crippen LogP) is 1.99. The monoisotopic (exact) mass is 243 g/mol. The standard InChI is InChI=1S/C11H18ClN3O/c1-9-5-14(7-11(2,3)16-9)8-15-6-10(12)4-13-15/h4,6,9H,5,7-8H2,1-3H3. The van der Waals surface area contributed by atoms with E-state index in [0.29, 0.717) is 5.02 Å². The van der Waals surface area contributed by atoms with Crippen molar-refractivity contribution in [3.63, 3.8) is 0 Å². The van der Waals surface area contributed by atoms with E-state index in [2.05, 4.69) is 30.8 Å². The molecule has 0 saturated carbocycles. The van der Waals surface area contributed by atoms with E-state index in [0.717, 1.165) is 19.8 Å². The molecule has 1 aromatic heterocycles. The van der Waals surface area contributed by atoms with Gasteiger partial charge < -0.3 is 4.74 Å². The summed E-state index contributed by atoms with van der Waals surface area (Å²) in [5, 5.41) is 4.87. The highest BCUT2D eigenvalue weighted by Gasteiger charge is 2.31. The summed E-state index contributed by atoms with van der Waals surface area (Å²) in [6, 6.07) is 0. The minimum atomic E-state index is -0.0887. The molecular weight excluding hydrogens is 226 g/mol. The molecule has 1 saturated heterocycles. The van der Waals surface area contributed by atoms with E-state index in [-0.39, 0.29) is 11.7 Å². The van der Waals surface area contributed by atoms with Crippen LogP contribution in [0, 0.1) is 0 Å². The number of morpholine rings is 1. The Labute approximate surface area is 101 Å². The van der Waals surface area contributed by atoms with E-state index in [9.17, 15) is 0 Å². The molecule has 0 aliphatic carbocycles. The van der Waals surface area contributed by atoms with Gasteiger partial charge in [-0.1, -0.05) is 11.6 Å². The van der Waals surface area contributed by atoms with Crippen molar-refractivity contribution < 1.29 is 4.74 Å². The molecule has 1 aromatic rings. The van der Waals surface area contributed by atoms with Crippen LogP contribution in [0.1, 0.15) is 20.8 Å². The third kappa shape index (κ3) is 2.97. The molecule has 2 rings (SSSR count). The fourth-order valence-electron chi connectivity index (χ4n) is 2.31. The lowest BCUT2D eigenvalue weighted by atomic mass is 10.1. The molecule has 5 heteroatoms. The Bertz CT molecular complexity index is 364. The second-order valence-electron chi connectivity index (χ2n) is 5.04. The van der Waals surface area contributed by atoms with Gasteiger partial charge in [-0.05, 0) is 20.8 Å². The largest absolute Gasteiger partial charge is 0.370 e. The smallest absolute Gasteiger partial charge is 0.0931 e. The first-order valence-corrected chi connectivity index (χ1v) is 5.90. The Morgan fingerprint density at radius 1 is 1.62 bits per heavy atom. The molecule has 1 fully saturated rings. The minimum Gasteiger partial charge on any atom is -0.370 e. The maximum atomic E-state index is 5.85. The zero-order valence-electron chi connectivity index (χ0n) is 9.98. The molecule has 1 aliphatic heterocycles. The van der Waals surface area contributed by atoms with Crippen LogP contribution in [0.25, 0.3) is 0 Å². The van der Waals surface area contributed by atoms with Crippen molar-refractivity contribution in [3.8, 4) is 0 Å². The Morgan fingerprint density at radius 3 is 2.94 bits per heavy atom. The molecule has 1 aliphatic rings. The maximum Gasteiger partial charge on any atom is 0.0931 e. The summed E-state index contributed by atoms with van der Waals surface area (Å²) >= 11 is 5.84. The highest BCUT2D eigenvalue weighted by molar-refractivity contribution is 6.30. The third-order valence-electron chi connectivity index (χ3n) is 2.59. The lowest BCUT2D eigenvalue weighted by Crippen LogP contribution is -2.52. The summed E-state index contributed by atoms with van der Waals surface area (Å²) in [4.78, 5) is 2.33. The van der Waals surface area contributed by atoms with Gasteiger partial charge in [-0.25, -0.2) is 0 Å². The van der Waals surface area contributed by atoms with Gasteiger partial charge in [-0.2, -0.15) is 5.10 Å². The van der Waals surface area contributed by atoms with Crippen LogP contribution in [0.5, 0.6) is 0 Å². The summed E-state index contributed by atoms with van der Waals surface area (Å²) in [5.74, 6) is 0. The highest BCUT2D eigenvalue weighted by Crippen LogP contribution is 2.21. The van der Waals surface area contributed by atoms with E-state index in [1.54, 1.807) is 6.20 Å². The molecule has 90 valence electrons. The minimum absolute atomic E-state index is 0.0887. The number of hydrogen-bond donors (Lipinski definition) is 0. The fraction of sp³-hybridized carbons (Fsp3) is 0.727. The van der Waals surface area contributed by atoms with Crippen LogP contribution in [0.15, 0.2) is 12.4 Å².